The predicted octanol–water partition coefficient (Wildman–Crippen LogP) is -2.12. The summed E-state index contributed by atoms with van der Waals surface area (Å²) in [6, 6.07) is 0. The van der Waals surface area contributed by atoms with Crippen LogP contribution in [-0.4, -0.2) is 85.4 Å². The molecule has 26 heavy (non-hydrogen) atoms. The quantitative estimate of drug-likeness (QED) is 0.259. The number of nitrogens with zero attached hydrogens (tertiary/aromatic N) is 3. The van der Waals surface area contributed by atoms with E-state index in [9.17, 15) is 19.6 Å². The van der Waals surface area contributed by atoms with Gasteiger partial charge in [0.1, 0.15) is 18.3 Å². The molecule has 13 heteroatoms. The Morgan fingerprint density at radius 1 is 1.50 bits per heavy atom. The Kier molecular flexibility index (Phi) is 6.29. The number of ether oxygens (including phenoxy) is 1. The molecule has 0 spiro atoms. The Labute approximate surface area is 149 Å². The van der Waals surface area contributed by atoms with Crippen LogP contribution in [0, 0.1) is 0 Å². The molecule has 2 aliphatic heterocycles. The molecule has 1 amide bonds. The van der Waals surface area contributed by atoms with Crippen molar-refractivity contribution in [1.82, 2.24) is 10.2 Å². The monoisotopic (exact) mass is 393 g/mol. The summed E-state index contributed by atoms with van der Waals surface area (Å²) in [5, 5.41) is 22.8. The van der Waals surface area contributed by atoms with Crippen molar-refractivity contribution in [2.75, 3.05) is 13.2 Å². The van der Waals surface area contributed by atoms with Crippen LogP contribution in [-0.2, 0) is 18.6 Å². The minimum atomic E-state index is -4.75. The fraction of sp³-hybridized carbons (Fsp3) is 0.615. The summed E-state index contributed by atoms with van der Waals surface area (Å²) in [5.74, 6) is 0.0565. The summed E-state index contributed by atoms with van der Waals surface area (Å²) >= 11 is 0. The lowest BCUT2D eigenvalue weighted by molar-refractivity contribution is -0.411. The highest BCUT2D eigenvalue weighted by atomic mass is 31.2. The molecular formula is C13H22N4O8P+. The number of guanidine groups is 1. The molecule has 1 saturated heterocycles. The number of rotatable bonds is 5. The maximum Gasteiger partial charge on any atom is 0.469 e. The maximum absolute atomic E-state index is 11.3. The van der Waals surface area contributed by atoms with Gasteiger partial charge in [-0.25, -0.2) is 19.4 Å². The minimum Gasteiger partial charge on any atom is -0.387 e. The number of phosphoric ester groups is 1. The number of aliphatic hydroxyl groups excluding tert-OH is 2. The fourth-order valence-electron chi connectivity index (χ4n) is 2.48. The molecule has 0 unspecified atom stereocenters. The van der Waals surface area contributed by atoms with Crippen LogP contribution in [0.25, 0.3) is 0 Å². The molecule has 0 bridgehead atoms. The normalized spacial score (nSPS) is 29.5. The Hall–Kier alpha value is -1.66. The summed E-state index contributed by atoms with van der Waals surface area (Å²) < 4.78 is 22.2. The summed E-state index contributed by atoms with van der Waals surface area (Å²) in [6.07, 6.45) is -3.64. The van der Waals surface area contributed by atoms with Crippen molar-refractivity contribution in [2.45, 2.75) is 38.4 Å². The molecule has 2 rings (SSSR count). The Morgan fingerprint density at radius 3 is 2.69 bits per heavy atom. The number of carbonyl (C=O) groups excluding carboxylic acids is 1. The van der Waals surface area contributed by atoms with E-state index in [0.29, 0.717) is 6.54 Å². The smallest absolute Gasteiger partial charge is 0.387 e. The number of phosphoric acid groups is 1. The standard InChI is InChI=1S/C13H21N4O8P/c1-4-16-6-17(7(2)14-13(16)15-8(3)18)12-11(20)10(19)9(25-12)5-24-26(21,22)23/h6,9-12,19-20H,2,4-5H2,1,3H3,(H2-,14,15,18,21,22,23)/p+1/t9-,10-,11-,12-/m1/s1. The molecule has 146 valence electrons. The topological polar surface area (TPSA) is 164 Å². The van der Waals surface area contributed by atoms with E-state index in [1.165, 1.54) is 18.2 Å². The molecule has 5 N–H and O–H groups in total. The van der Waals surface area contributed by atoms with Crippen molar-refractivity contribution in [2.24, 2.45) is 4.99 Å². The van der Waals surface area contributed by atoms with Crippen LogP contribution in [0.3, 0.4) is 0 Å². The molecule has 4 atom stereocenters. The van der Waals surface area contributed by atoms with E-state index in [0.717, 1.165) is 0 Å². The molecule has 0 aromatic carbocycles. The second-order valence-electron chi connectivity index (χ2n) is 5.67. The Balaban J connectivity index is 2.16. The first kappa shape index (κ1) is 20.6. The molecule has 0 aliphatic carbocycles. The van der Waals surface area contributed by atoms with Gasteiger partial charge in [-0.05, 0) is 13.5 Å². The van der Waals surface area contributed by atoms with Crippen molar-refractivity contribution in [3.8, 4) is 0 Å². The zero-order chi connectivity index (χ0) is 19.6. The van der Waals surface area contributed by atoms with Gasteiger partial charge in [0.05, 0.1) is 13.2 Å². The van der Waals surface area contributed by atoms with Crippen LogP contribution >= 0.6 is 7.82 Å². The van der Waals surface area contributed by atoms with E-state index >= 15 is 0 Å². The first-order valence-electron chi connectivity index (χ1n) is 7.70. The van der Waals surface area contributed by atoms with E-state index in [-0.39, 0.29) is 17.7 Å². The molecule has 1 fully saturated rings. The van der Waals surface area contributed by atoms with E-state index in [2.05, 4.69) is 21.4 Å². The second-order valence-corrected chi connectivity index (χ2v) is 6.91. The maximum atomic E-state index is 11.3. The lowest BCUT2D eigenvalue weighted by atomic mass is 10.1. The first-order valence-corrected chi connectivity index (χ1v) is 9.23. The van der Waals surface area contributed by atoms with Gasteiger partial charge >= 0.3 is 13.8 Å². The third-order valence-corrected chi connectivity index (χ3v) is 4.20. The highest BCUT2D eigenvalue weighted by Gasteiger charge is 2.49. The number of hydrogen-bond acceptors (Lipinski definition) is 8. The molecule has 12 nitrogen and oxygen atoms in total. The van der Waals surface area contributed by atoms with Gasteiger partial charge in [0, 0.05) is 6.92 Å². The predicted molar refractivity (Wildman–Crippen MR) is 87.8 cm³/mol. The van der Waals surface area contributed by atoms with Crippen molar-refractivity contribution in [3.63, 3.8) is 0 Å². The molecule has 0 aromatic rings. The van der Waals surface area contributed by atoms with Crippen LogP contribution in [0.4, 0.5) is 0 Å². The highest BCUT2D eigenvalue weighted by Crippen LogP contribution is 2.37. The number of hydrogen-bond donors (Lipinski definition) is 5. The van der Waals surface area contributed by atoms with Crippen LogP contribution < -0.4 is 5.32 Å². The number of aliphatic imine (C=N–C) groups is 1. The van der Waals surface area contributed by atoms with Crippen LogP contribution in [0.1, 0.15) is 13.8 Å². The van der Waals surface area contributed by atoms with Crippen molar-refractivity contribution >= 4 is 26.0 Å². The van der Waals surface area contributed by atoms with Gasteiger partial charge in [-0.15, -0.1) is 0 Å². The SMILES string of the molecule is C=C1N=C(NC(C)=O)[N+](CC)=CN1[C@@H]1O[C@H](COP(=O)(O)O)[C@@H](O)[C@H]1O. The zero-order valence-electron chi connectivity index (χ0n) is 14.2. The minimum absolute atomic E-state index is 0.131. The molecule has 2 aliphatic rings. The second kappa shape index (κ2) is 7.92. The summed E-state index contributed by atoms with van der Waals surface area (Å²) in [6.45, 7) is 6.69. The fourth-order valence-corrected chi connectivity index (χ4v) is 2.83. The van der Waals surface area contributed by atoms with Gasteiger partial charge in [-0.2, -0.15) is 0 Å². The third-order valence-electron chi connectivity index (χ3n) is 3.72. The summed E-state index contributed by atoms with van der Waals surface area (Å²) in [5.41, 5.74) is 0. The molecule has 0 radical (unpaired) electrons. The lowest BCUT2D eigenvalue weighted by Gasteiger charge is -2.27. The number of nitrogens with one attached hydrogen (secondary N) is 1. The molecule has 0 aromatic heterocycles. The van der Waals surface area contributed by atoms with Gasteiger partial charge in [0.2, 0.25) is 5.82 Å². The van der Waals surface area contributed by atoms with Gasteiger partial charge in [-0.1, -0.05) is 4.99 Å². The first-order chi connectivity index (χ1) is 12.0. The van der Waals surface area contributed by atoms with Gasteiger partial charge in [-0.3, -0.25) is 9.32 Å². The zero-order valence-corrected chi connectivity index (χ0v) is 15.1. The molecule has 2 heterocycles. The number of amides is 1. The third kappa shape index (κ3) is 4.74. The summed E-state index contributed by atoms with van der Waals surface area (Å²) in [4.78, 5) is 34.3. The Morgan fingerprint density at radius 2 is 2.15 bits per heavy atom. The van der Waals surface area contributed by atoms with Gasteiger partial charge in [0.15, 0.2) is 12.6 Å². The average molecular weight is 393 g/mol. The van der Waals surface area contributed by atoms with Gasteiger partial charge in [0.25, 0.3) is 5.91 Å². The van der Waals surface area contributed by atoms with E-state index in [1.807, 2.05) is 0 Å². The van der Waals surface area contributed by atoms with Crippen LogP contribution in [0.2, 0.25) is 0 Å². The van der Waals surface area contributed by atoms with Crippen molar-refractivity contribution in [3.05, 3.63) is 12.4 Å². The average Bonchev–Trinajstić information content (AvgIpc) is 2.80. The highest BCUT2D eigenvalue weighted by molar-refractivity contribution is 7.46. The van der Waals surface area contributed by atoms with Crippen molar-refractivity contribution < 1.29 is 43.2 Å². The molecule has 0 saturated carbocycles. The van der Waals surface area contributed by atoms with E-state index in [4.69, 9.17) is 14.5 Å². The Bertz CT molecular complexity index is 690. The number of aliphatic hydroxyl groups is 2. The molecular weight excluding hydrogens is 371 g/mol. The van der Waals surface area contributed by atoms with E-state index < -0.39 is 39.0 Å². The van der Waals surface area contributed by atoms with E-state index in [1.54, 1.807) is 11.5 Å². The van der Waals surface area contributed by atoms with Crippen molar-refractivity contribution in [1.29, 1.82) is 0 Å². The summed E-state index contributed by atoms with van der Waals surface area (Å²) in [7, 11) is -4.75. The van der Waals surface area contributed by atoms with Gasteiger partial charge < -0.3 is 24.7 Å². The van der Waals surface area contributed by atoms with Crippen LogP contribution in [0.15, 0.2) is 17.4 Å². The van der Waals surface area contributed by atoms with Crippen LogP contribution in [0.5, 0.6) is 0 Å². The number of carbonyl (C=O) groups is 1. The lowest BCUT2D eigenvalue weighted by Crippen LogP contribution is -2.50. The largest absolute Gasteiger partial charge is 0.469 e.